The Bertz CT molecular complexity index is 1940. The standard InChI is InChI=1S/C69H114N6O3/c1-13-25-31-52(19-7)46-73(47-53(20-8)32-26-14-2)58-37-40-61(64(76)43-58)67-70-68(62-41-38-59(44-65(62)77)74(48-54(21-9)33-27-15-3)49-55(22-10)34-28-16-4)72-69(71-67)63-42-39-60(45-66(63)78)75(50-56(23-11)35-29-17-5)51-57(24-12)36-30-18-6/h37-45,52-57,76-78H,13-36,46-51H2,1-12H3. The monoisotopic (exact) mass is 1070 g/mol. The molecule has 0 aliphatic carbocycles. The lowest BCUT2D eigenvalue weighted by molar-refractivity contribution is 0.403. The van der Waals surface area contributed by atoms with Crippen LogP contribution in [0.2, 0.25) is 0 Å². The van der Waals surface area contributed by atoms with E-state index >= 15 is 0 Å². The minimum atomic E-state index is 0.0958. The first-order valence-electron chi connectivity index (χ1n) is 32.4. The molecule has 4 aromatic rings. The molecule has 78 heavy (non-hydrogen) atoms. The van der Waals surface area contributed by atoms with Crippen LogP contribution in [-0.2, 0) is 0 Å². The van der Waals surface area contributed by atoms with Gasteiger partial charge in [-0.05, 0) is 110 Å². The van der Waals surface area contributed by atoms with E-state index in [0.29, 0.717) is 52.2 Å². The predicted octanol–water partition coefficient (Wildman–Crippen LogP) is 19.7. The number of hydrogen-bond donors (Lipinski definition) is 3. The Morgan fingerprint density at radius 2 is 0.500 bits per heavy atom. The number of rotatable bonds is 42. The van der Waals surface area contributed by atoms with Crippen molar-refractivity contribution in [2.24, 2.45) is 35.5 Å². The normalized spacial score (nSPS) is 14.0. The molecule has 0 radical (unpaired) electrons. The van der Waals surface area contributed by atoms with E-state index in [4.69, 9.17) is 15.0 Å². The molecule has 6 atom stereocenters. The van der Waals surface area contributed by atoms with Gasteiger partial charge < -0.3 is 30.0 Å². The maximum Gasteiger partial charge on any atom is 0.167 e. The van der Waals surface area contributed by atoms with Crippen molar-refractivity contribution >= 4 is 17.1 Å². The van der Waals surface area contributed by atoms with Crippen molar-refractivity contribution in [1.29, 1.82) is 0 Å². The predicted molar refractivity (Wildman–Crippen MR) is 338 cm³/mol. The molecule has 0 bridgehead atoms. The Balaban J connectivity index is 1.93. The van der Waals surface area contributed by atoms with Gasteiger partial charge in [-0.1, -0.05) is 199 Å². The first kappa shape index (κ1) is 66.0. The number of phenols is 3. The van der Waals surface area contributed by atoms with Crippen LogP contribution in [0.15, 0.2) is 54.6 Å². The van der Waals surface area contributed by atoms with E-state index in [9.17, 15) is 15.3 Å². The van der Waals surface area contributed by atoms with E-state index in [0.717, 1.165) is 94.9 Å². The van der Waals surface area contributed by atoms with Crippen LogP contribution in [-0.4, -0.2) is 69.5 Å². The third-order valence-electron chi connectivity index (χ3n) is 17.5. The molecule has 6 unspecified atom stereocenters. The van der Waals surface area contributed by atoms with E-state index in [1.54, 1.807) is 0 Å². The quantitative estimate of drug-likeness (QED) is 0.0400. The summed E-state index contributed by atoms with van der Waals surface area (Å²) in [6, 6.07) is 18.0. The number of hydrogen-bond acceptors (Lipinski definition) is 9. The highest BCUT2D eigenvalue weighted by molar-refractivity contribution is 5.77. The number of anilines is 3. The van der Waals surface area contributed by atoms with Gasteiger partial charge in [0, 0.05) is 74.5 Å². The zero-order valence-corrected chi connectivity index (χ0v) is 51.9. The van der Waals surface area contributed by atoms with Gasteiger partial charge in [0.2, 0.25) is 0 Å². The molecule has 0 amide bonds. The Morgan fingerprint density at radius 1 is 0.308 bits per heavy atom. The third kappa shape index (κ3) is 20.9. The van der Waals surface area contributed by atoms with Gasteiger partial charge in [0.25, 0.3) is 0 Å². The molecule has 3 aromatic carbocycles. The van der Waals surface area contributed by atoms with Gasteiger partial charge in [0.05, 0.1) is 16.7 Å². The number of aromatic hydroxyl groups is 3. The summed E-state index contributed by atoms with van der Waals surface area (Å²) in [4.78, 5) is 22.9. The lowest BCUT2D eigenvalue weighted by Crippen LogP contribution is -2.34. The summed E-state index contributed by atoms with van der Waals surface area (Å²) < 4.78 is 0. The first-order valence-corrected chi connectivity index (χ1v) is 32.4. The summed E-state index contributed by atoms with van der Waals surface area (Å²) in [7, 11) is 0. The van der Waals surface area contributed by atoms with Crippen molar-refractivity contribution < 1.29 is 15.3 Å². The van der Waals surface area contributed by atoms with Gasteiger partial charge in [0.1, 0.15) is 17.2 Å². The van der Waals surface area contributed by atoms with Crippen LogP contribution < -0.4 is 14.7 Å². The van der Waals surface area contributed by atoms with E-state index in [1.807, 2.05) is 36.4 Å². The highest BCUT2D eigenvalue weighted by atomic mass is 16.3. The van der Waals surface area contributed by atoms with Crippen LogP contribution in [0.3, 0.4) is 0 Å². The van der Waals surface area contributed by atoms with Crippen molar-refractivity contribution in [2.75, 3.05) is 54.0 Å². The minimum Gasteiger partial charge on any atom is -0.507 e. The van der Waals surface area contributed by atoms with Crippen LogP contribution >= 0.6 is 0 Å². The van der Waals surface area contributed by atoms with E-state index in [1.165, 1.54) is 116 Å². The van der Waals surface area contributed by atoms with Crippen LogP contribution in [0.1, 0.15) is 237 Å². The minimum absolute atomic E-state index is 0.0958. The Hall–Kier alpha value is -4.53. The number of unbranched alkanes of at least 4 members (excludes halogenated alkanes) is 6. The molecule has 0 saturated heterocycles. The fraction of sp³-hybridized carbons (Fsp3) is 0.696. The Morgan fingerprint density at radius 3 is 0.654 bits per heavy atom. The van der Waals surface area contributed by atoms with Crippen LogP contribution in [0.5, 0.6) is 17.2 Å². The molecular formula is C69H114N6O3. The Kier molecular flexibility index (Phi) is 31.0. The molecule has 0 fully saturated rings. The van der Waals surface area contributed by atoms with Gasteiger partial charge >= 0.3 is 0 Å². The van der Waals surface area contributed by atoms with E-state index in [2.05, 4.69) is 116 Å². The molecular weight excluding hydrogens is 961 g/mol. The van der Waals surface area contributed by atoms with Gasteiger partial charge in [0.15, 0.2) is 17.5 Å². The molecule has 1 heterocycles. The lowest BCUT2D eigenvalue weighted by atomic mass is 9.95. The fourth-order valence-corrected chi connectivity index (χ4v) is 11.7. The summed E-state index contributed by atoms with van der Waals surface area (Å²) in [5.74, 6) is 4.53. The van der Waals surface area contributed by atoms with Crippen LogP contribution in [0, 0.1) is 35.5 Å². The second-order valence-electron chi connectivity index (χ2n) is 23.6. The van der Waals surface area contributed by atoms with Gasteiger partial charge in [-0.2, -0.15) is 0 Å². The maximum atomic E-state index is 12.2. The van der Waals surface area contributed by atoms with Crippen LogP contribution in [0.25, 0.3) is 34.2 Å². The van der Waals surface area contributed by atoms with E-state index in [-0.39, 0.29) is 34.7 Å². The molecule has 0 aliphatic rings. The lowest BCUT2D eigenvalue weighted by Gasteiger charge is -2.33. The Labute approximate surface area is 477 Å². The number of benzene rings is 3. The second-order valence-corrected chi connectivity index (χ2v) is 23.6. The van der Waals surface area contributed by atoms with Gasteiger partial charge in [-0.25, -0.2) is 15.0 Å². The van der Waals surface area contributed by atoms with Gasteiger partial charge in [-0.3, -0.25) is 0 Å². The maximum absolute atomic E-state index is 12.2. The molecule has 1 aromatic heterocycles. The molecule has 438 valence electrons. The van der Waals surface area contributed by atoms with Crippen LogP contribution in [0.4, 0.5) is 17.1 Å². The largest absolute Gasteiger partial charge is 0.507 e. The highest BCUT2D eigenvalue weighted by Gasteiger charge is 2.25. The van der Waals surface area contributed by atoms with Crippen molar-refractivity contribution in [3.05, 3.63) is 54.6 Å². The molecule has 9 heteroatoms. The summed E-state index contributed by atoms with van der Waals surface area (Å²) in [5.41, 5.74) is 4.46. The molecule has 0 aliphatic heterocycles. The SMILES string of the molecule is CCCCC(CC)CN(CC(CC)CCCC)c1ccc(-c2nc(-c3ccc(N(CC(CC)CCCC)CC(CC)CCCC)cc3O)nc(-c3ccc(N(CC(CC)CCCC)CC(CC)CCCC)cc3O)n2)c(O)c1. The fourth-order valence-electron chi connectivity index (χ4n) is 11.7. The average Bonchev–Trinajstić information content (AvgIpc) is 3.46. The van der Waals surface area contributed by atoms with E-state index < -0.39 is 0 Å². The summed E-state index contributed by atoms with van der Waals surface area (Å²) in [5, 5.41) is 36.7. The van der Waals surface area contributed by atoms with Crippen molar-refractivity contribution in [1.82, 2.24) is 15.0 Å². The summed E-state index contributed by atoms with van der Waals surface area (Å²) in [6.45, 7) is 33.2. The number of aromatic nitrogens is 3. The molecule has 3 N–H and O–H groups in total. The van der Waals surface area contributed by atoms with Crippen molar-refractivity contribution in [3.8, 4) is 51.4 Å². The smallest absolute Gasteiger partial charge is 0.167 e. The third-order valence-corrected chi connectivity index (χ3v) is 17.5. The average molecular weight is 1080 g/mol. The van der Waals surface area contributed by atoms with Crippen molar-refractivity contribution in [2.45, 2.75) is 237 Å². The first-order chi connectivity index (χ1) is 37.9. The zero-order chi connectivity index (χ0) is 56.8. The summed E-state index contributed by atoms with van der Waals surface area (Å²) in [6.07, 6.45) is 28.3. The summed E-state index contributed by atoms with van der Waals surface area (Å²) >= 11 is 0. The molecule has 0 saturated carbocycles. The molecule has 0 spiro atoms. The zero-order valence-electron chi connectivity index (χ0n) is 51.9. The number of nitrogens with zero attached hydrogens (tertiary/aromatic N) is 6. The second kappa shape index (κ2) is 36.7. The van der Waals surface area contributed by atoms with Crippen molar-refractivity contribution in [3.63, 3.8) is 0 Å². The molecule has 9 nitrogen and oxygen atoms in total. The topological polar surface area (TPSA) is 109 Å². The highest BCUT2D eigenvalue weighted by Crippen LogP contribution is 2.40. The molecule has 4 rings (SSSR count). The van der Waals surface area contributed by atoms with Gasteiger partial charge in [-0.15, -0.1) is 0 Å². The number of phenolic OH excluding ortho intramolecular Hbond substituents is 3.